The quantitative estimate of drug-likeness (QED) is 0.555. The first kappa shape index (κ1) is 21.3. The molecule has 2 heterocycles. The maximum absolute atomic E-state index is 13.0. The Hall–Kier alpha value is -2.96. The lowest BCUT2D eigenvalue weighted by molar-refractivity contribution is -0.138. The predicted molar refractivity (Wildman–Crippen MR) is 122 cm³/mol. The van der Waals surface area contributed by atoms with Gasteiger partial charge in [-0.25, -0.2) is 0 Å². The first-order valence-corrected chi connectivity index (χ1v) is 11.1. The lowest BCUT2D eigenvalue weighted by Crippen LogP contribution is -2.46. The molecule has 5 nitrogen and oxygen atoms in total. The van der Waals surface area contributed by atoms with Gasteiger partial charge in [0.25, 0.3) is 0 Å². The monoisotopic (exact) mass is 452 g/mol. The van der Waals surface area contributed by atoms with Crippen molar-refractivity contribution in [1.29, 1.82) is 0 Å². The topological polar surface area (TPSA) is 75.3 Å². The molecule has 1 aromatic heterocycles. The van der Waals surface area contributed by atoms with Crippen LogP contribution in [0.5, 0.6) is 0 Å². The van der Waals surface area contributed by atoms with E-state index < -0.39 is 29.1 Å². The molecule has 2 atom stereocenters. The molecule has 2 aromatic carbocycles. The molecule has 0 spiro atoms. The lowest BCUT2D eigenvalue weighted by Gasteiger charge is -2.22. The standard InChI is InChI=1S/C24H21ClN2O3S/c1-24(13-15-5-3-2-4-6-15)21(28)20(23(30)27-24)22(29)26-14-18-11-12-19(31-18)16-7-9-17(25)10-8-16/h2-12,20H,13-14H2,1H3,(H,26,29)(H,27,30). The Kier molecular flexibility index (Phi) is 5.94. The lowest BCUT2D eigenvalue weighted by atomic mass is 9.86. The van der Waals surface area contributed by atoms with E-state index in [9.17, 15) is 14.4 Å². The minimum atomic E-state index is -1.33. The Bertz CT molecular complexity index is 1130. The highest BCUT2D eigenvalue weighted by molar-refractivity contribution is 7.15. The van der Waals surface area contributed by atoms with Gasteiger partial charge in [-0.2, -0.15) is 0 Å². The Morgan fingerprint density at radius 1 is 1.06 bits per heavy atom. The van der Waals surface area contributed by atoms with E-state index in [2.05, 4.69) is 10.6 Å². The molecule has 2 unspecified atom stereocenters. The third-order valence-corrected chi connectivity index (χ3v) is 6.74. The van der Waals surface area contributed by atoms with Crippen LogP contribution in [0.3, 0.4) is 0 Å². The van der Waals surface area contributed by atoms with Crippen molar-refractivity contribution in [2.45, 2.75) is 25.4 Å². The molecule has 1 aliphatic heterocycles. The number of benzene rings is 2. The molecule has 2 N–H and O–H groups in total. The Balaban J connectivity index is 1.40. The van der Waals surface area contributed by atoms with Crippen LogP contribution in [0.4, 0.5) is 0 Å². The number of Topliss-reactive ketones (excluding diaryl/α,β-unsaturated/α-hetero) is 1. The number of carbonyl (C=O) groups is 3. The second kappa shape index (κ2) is 8.65. The van der Waals surface area contributed by atoms with Crippen LogP contribution in [-0.4, -0.2) is 23.1 Å². The molecule has 7 heteroatoms. The number of carbonyl (C=O) groups excluding carboxylic acids is 3. The molecule has 0 radical (unpaired) electrons. The SMILES string of the molecule is CC1(Cc2ccccc2)NC(=O)C(C(=O)NCc2ccc(-c3ccc(Cl)cc3)s2)C1=O. The third-order valence-electron chi connectivity index (χ3n) is 5.36. The van der Waals surface area contributed by atoms with Crippen molar-refractivity contribution in [2.24, 2.45) is 5.92 Å². The van der Waals surface area contributed by atoms with Gasteiger partial charge >= 0.3 is 0 Å². The number of nitrogens with one attached hydrogen (secondary N) is 2. The third kappa shape index (κ3) is 4.55. The number of amides is 2. The molecule has 1 aliphatic rings. The summed E-state index contributed by atoms with van der Waals surface area (Å²) in [7, 11) is 0. The van der Waals surface area contributed by atoms with Gasteiger partial charge in [-0.1, -0.05) is 54.1 Å². The highest BCUT2D eigenvalue weighted by atomic mass is 35.5. The normalized spacial score (nSPS) is 20.5. The van der Waals surface area contributed by atoms with Crippen molar-refractivity contribution < 1.29 is 14.4 Å². The van der Waals surface area contributed by atoms with Gasteiger partial charge in [0.1, 0.15) is 5.54 Å². The van der Waals surface area contributed by atoms with Crippen LogP contribution in [0.15, 0.2) is 66.7 Å². The molecule has 0 saturated carbocycles. The summed E-state index contributed by atoms with van der Waals surface area (Å²) < 4.78 is 0. The first-order valence-electron chi connectivity index (χ1n) is 9.88. The molecule has 31 heavy (non-hydrogen) atoms. The molecule has 0 bridgehead atoms. The minimum Gasteiger partial charge on any atom is -0.350 e. The van der Waals surface area contributed by atoms with E-state index in [1.165, 1.54) is 11.3 Å². The van der Waals surface area contributed by atoms with E-state index in [4.69, 9.17) is 11.6 Å². The zero-order chi connectivity index (χ0) is 22.0. The summed E-state index contributed by atoms with van der Waals surface area (Å²) in [5.41, 5.74) is 0.868. The highest BCUT2D eigenvalue weighted by Gasteiger charge is 2.52. The number of hydrogen-bond acceptors (Lipinski definition) is 4. The van der Waals surface area contributed by atoms with Crippen molar-refractivity contribution >= 4 is 40.5 Å². The highest BCUT2D eigenvalue weighted by Crippen LogP contribution is 2.29. The van der Waals surface area contributed by atoms with Crippen molar-refractivity contribution in [1.82, 2.24) is 10.6 Å². The largest absolute Gasteiger partial charge is 0.350 e. The smallest absolute Gasteiger partial charge is 0.241 e. The summed E-state index contributed by atoms with van der Waals surface area (Å²) in [6.45, 7) is 1.93. The average Bonchev–Trinajstić information content (AvgIpc) is 3.30. The number of hydrogen-bond donors (Lipinski definition) is 2. The summed E-state index contributed by atoms with van der Waals surface area (Å²) in [5.74, 6) is -2.84. The molecule has 2 amide bonds. The second-order valence-electron chi connectivity index (χ2n) is 7.77. The van der Waals surface area contributed by atoms with Crippen LogP contribution in [0, 0.1) is 5.92 Å². The van der Waals surface area contributed by atoms with E-state index in [1.54, 1.807) is 6.92 Å². The minimum absolute atomic E-state index is 0.254. The zero-order valence-electron chi connectivity index (χ0n) is 16.9. The molecule has 158 valence electrons. The van der Waals surface area contributed by atoms with E-state index in [1.807, 2.05) is 66.7 Å². The summed E-state index contributed by atoms with van der Waals surface area (Å²) >= 11 is 7.47. The number of halogens is 1. The second-order valence-corrected chi connectivity index (χ2v) is 9.38. The van der Waals surface area contributed by atoms with Crippen molar-refractivity contribution in [3.63, 3.8) is 0 Å². The summed E-state index contributed by atoms with van der Waals surface area (Å²) in [4.78, 5) is 40.1. The number of thiophene rings is 1. The average molecular weight is 453 g/mol. The van der Waals surface area contributed by atoms with Crippen LogP contribution < -0.4 is 10.6 Å². The fourth-order valence-corrected chi connectivity index (χ4v) is 4.81. The van der Waals surface area contributed by atoms with Gasteiger partial charge in [-0.05, 0) is 42.3 Å². The summed E-state index contributed by atoms with van der Waals surface area (Å²) in [5, 5.41) is 6.15. The maximum Gasteiger partial charge on any atom is 0.241 e. The van der Waals surface area contributed by atoms with Gasteiger partial charge in [0, 0.05) is 21.2 Å². The molecule has 0 aliphatic carbocycles. The van der Waals surface area contributed by atoms with Crippen LogP contribution in [-0.2, 0) is 27.3 Å². The van der Waals surface area contributed by atoms with Gasteiger partial charge < -0.3 is 10.6 Å². The molecule has 1 saturated heterocycles. The molecule has 4 rings (SSSR count). The van der Waals surface area contributed by atoms with Crippen molar-refractivity contribution in [2.75, 3.05) is 0 Å². The molecular weight excluding hydrogens is 432 g/mol. The number of ketones is 1. The zero-order valence-corrected chi connectivity index (χ0v) is 18.4. The maximum atomic E-state index is 13.0. The van der Waals surface area contributed by atoms with Crippen molar-refractivity contribution in [3.8, 4) is 10.4 Å². The Morgan fingerprint density at radius 2 is 1.77 bits per heavy atom. The van der Waals surface area contributed by atoms with Gasteiger partial charge in [0.2, 0.25) is 11.8 Å². The van der Waals surface area contributed by atoms with E-state index >= 15 is 0 Å². The van der Waals surface area contributed by atoms with Crippen LogP contribution in [0.25, 0.3) is 10.4 Å². The fourth-order valence-electron chi connectivity index (χ4n) is 3.74. The molecule has 3 aromatic rings. The first-order chi connectivity index (χ1) is 14.9. The van der Waals surface area contributed by atoms with E-state index in [0.29, 0.717) is 11.4 Å². The van der Waals surface area contributed by atoms with Crippen LogP contribution >= 0.6 is 22.9 Å². The van der Waals surface area contributed by atoms with Crippen LogP contribution in [0.2, 0.25) is 5.02 Å². The Labute approximate surface area is 189 Å². The predicted octanol–water partition coefficient (Wildman–Crippen LogP) is 4.00. The van der Waals surface area contributed by atoms with Gasteiger partial charge in [-0.3, -0.25) is 14.4 Å². The summed E-state index contributed by atoms with van der Waals surface area (Å²) in [6, 6.07) is 20.9. The molecule has 1 fully saturated rings. The van der Waals surface area contributed by atoms with E-state index in [-0.39, 0.29) is 6.54 Å². The van der Waals surface area contributed by atoms with Crippen LogP contribution in [0.1, 0.15) is 17.4 Å². The molecular formula is C24H21ClN2O3S. The number of rotatable bonds is 6. The van der Waals surface area contributed by atoms with Gasteiger partial charge in [-0.15, -0.1) is 11.3 Å². The van der Waals surface area contributed by atoms with Gasteiger partial charge in [0.05, 0.1) is 6.54 Å². The Morgan fingerprint density at radius 3 is 2.48 bits per heavy atom. The van der Waals surface area contributed by atoms with E-state index in [0.717, 1.165) is 20.9 Å². The van der Waals surface area contributed by atoms with Crippen molar-refractivity contribution in [3.05, 3.63) is 82.2 Å². The summed E-state index contributed by atoms with van der Waals surface area (Å²) in [6.07, 6.45) is 0.345. The fraction of sp³-hybridized carbons (Fsp3) is 0.208. The van der Waals surface area contributed by atoms with Gasteiger partial charge in [0.15, 0.2) is 11.7 Å².